The Bertz CT molecular complexity index is 437. The second kappa shape index (κ2) is 3.16. The number of rotatable bonds is 1. The first-order valence-corrected chi connectivity index (χ1v) is 5.10. The maximum atomic E-state index is 10.8. The Morgan fingerprint density at radius 1 is 1.23 bits per heavy atom. The van der Waals surface area contributed by atoms with Crippen molar-refractivity contribution in [2.45, 2.75) is 18.7 Å². The van der Waals surface area contributed by atoms with Gasteiger partial charge in [-0.25, -0.2) is 0 Å². The van der Waals surface area contributed by atoms with Crippen LogP contribution in [0.15, 0.2) is 17.0 Å². The highest BCUT2D eigenvalue weighted by atomic mass is 32.2. The predicted octanol–water partition coefficient (Wildman–Crippen LogP) is 0.344. The highest BCUT2D eigenvalue weighted by molar-refractivity contribution is 7.86. The highest BCUT2D eigenvalue weighted by Gasteiger charge is 2.13. The fourth-order valence-corrected chi connectivity index (χ4v) is 1.72. The van der Waals surface area contributed by atoms with Crippen molar-refractivity contribution in [2.75, 3.05) is 0 Å². The van der Waals surface area contributed by atoms with E-state index in [1.54, 1.807) is 6.92 Å². The van der Waals surface area contributed by atoms with E-state index in [0.29, 0.717) is 0 Å². The second-order valence-corrected chi connectivity index (χ2v) is 4.34. The molecule has 0 unspecified atom stereocenters. The monoisotopic (exact) mass is 196 g/mol. The molecule has 13 heavy (non-hydrogen) atoms. The van der Waals surface area contributed by atoms with Gasteiger partial charge in [0, 0.05) is 0 Å². The number of benzene rings is 1. The van der Waals surface area contributed by atoms with Crippen LogP contribution in [-0.4, -0.2) is 20.8 Å². The Hall–Kier alpha value is -0.805. The largest absolute Gasteiger partial charge is 0.293 e. The van der Waals surface area contributed by atoms with Crippen LogP contribution < -0.4 is 5.46 Å². The van der Waals surface area contributed by atoms with Crippen LogP contribution in [-0.2, 0) is 10.1 Å². The second-order valence-electron chi connectivity index (χ2n) is 2.95. The SMILES string of the molecule is [B]c1cc(C)c(C)cc1S(=O)(=O)O. The van der Waals surface area contributed by atoms with Gasteiger partial charge in [-0.05, 0) is 31.0 Å². The van der Waals surface area contributed by atoms with E-state index < -0.39 is 10.1 Å². The van der Waals surface area contributed by atoms with E-state index in [-0.39, 0.29) is 10.4 Å². The first kappa shape index (κ1) is 10.3. The summed E-state index contributed by atoms with van der Waals surface area (Å²) in [6, 6.07) is 2.89. The first-order valence-electron chi connectivity index (χ1n) is 3.66. The lowest BCUT2D eigenvalue weighted by Gasteiger charge is -2.06. The normalized spacial score (nSPS) is 11.6. The molecular formula is C8H9BO3S. The van der Waals surface area contributed by atoms with E-state index in [4.69, 9.17) is 12.4 Å². The standard InChI is InChI=1S/C8H9BO3S/c1-5-3-7(9)8(4-6(5)2)13(10,11)12/h3-4H,1-2H3,(H,10,11,12). The Kier molecular flexibility index (Phi) is 2.50. The lowest BCUT2D eigenvalue weighted by atomic mass is 9.92. The molecule has 1 aromatic rings. The van der Waals surface area contributed by atoms with Crippen LogP contribution in [0.5, 0.6) is 0 Å². The lowest BCUT2D eigenvalue weighted by molar-refractivity contribution is 0.484. The molecule has 0 aromatic heterocycles. The van der Waals surface area contributed by atoms with Crippen LogP contribution in [0.3, 0.4) is 0 Å². The molecule has 0 aliphatic rings. The first-order chi connectivity index (χ1) is 5.82. The molecule has 3 nitrogen and oxygen atoms in total. The molecule has 0 aliphatic heterocycles. The molecule has 1 aromatic carbocycles. The van der Waals surface area contributed by atoms with Gasteiger partial charge in [-0.1, -0.05) is 11.5 Å². The maximum Gasteiger partial charge on any atom is 0.293 e. The molecule has 0 fully saturated rings. The molecule has 68 valence electrons. The smallest absolute Gasteiger partial charge is 0.282 e. The number of aryl methyl sites for hydroxylation is 2. The zero-order chi connectivity index (χ0) is 10.2. The molecule has 0 spiro atoms. The number of hydrogen-bond donors (Lipinski definition) is 1. The lowest BCUT2D eigenvalue weighted by Crippen LogP contribution is -2.16. The summed E-state index contributed by atoms with van der Waals surface area (Å²) in [6.07, 6.45) is 0. The Morgan fingerprint density at radius 2 is 1.69 bits per heavy atom. The maximum absolute atomic E-state index is 10.8. The van der Waals surface area contributed by atoms with E-state index in [1.807, 2.05) is 6.92 Å². The minimum atomic E-state index is -4.20. The van der Waals surface area contributed by atoms with Crippen molar-refractivity contribution in [3.05, 3.63) is 23.3 Å². The van der Waals surface area contributed by atoms with E-state index in [0.717, 1.165) is 11.1 Å². The van der Waals surface area contributed by atoms with Gasteiger partial charge in [0.15, 0.2) is 0 Å². The summed E-state index contributed by atoms with van der Waals surface area (Å²) >= 11 is 0. The van der Waals surface area contributed by atoms with Gasteiger partial charge in [-0.15, -0.1) is 0 Å². The van der Waals surface area contributed by atoms with Crippen molar-refractivity contribution in [3.63, 3.8) is 0 Å². The van der Waals surface area contributed by atoms with Gasteiger partial charge in [-0.2, -0.15) is 8.42 Å². The molecular weight excluding hydrogens is 187 g/mol. The van der Waals surface area contributed by atoms with Crippen LogP contribution in [0.25, 0.3) is 0 Å². The average Bonchev–Trinajstić information content (AvgIpc) is 1.94. The molecule has 0 atom stereocenters. The molecule has 0 amide bonds. The topological polar surface area (TPSA) is 54.4 Å². The summed E-state index contributed by atoms with van der Waals surface area (Å²) in [7, 11) is 1.24. The third kappa shape index (κ3) is 2.11. The molecule has 1 rings (SSSR count). The van der Waals surface area contributed by atoms with E-state index >= 15 is 0 Å². The molecule has 1 N–H and O–H groups in total. The van der Waals surface area contributed by atoms with Crippen LogP contribution in [0, 0.1) is 13.8 Å². The molecule has 0 saturated carbocycles. The number of hydrogen-bond acceptors (Lipinski definition) is 2. The summed E-state index contributed by atoms with van der Waals surface area (Å²) in [6.45, 7) is 3.57. The van der Waals surface area contributed by atoms with Gasteiger partial charge in [0.25, 0.3) is 10.1 Å². The average molecular weight is 196 g/mol. The molecule has 0 saturated heterocycles. The summed E-state index contributed by atoms with van der Waals surface area (Å²) < 4.78 is 30.4. The van der Waals surface area contributed by atoms with Crippen molar-refractivity contribution < 1.29 is 13.0 Å². The minimum Gasteiger partial charge on any atom is -0.282 e. The van der Waals surface area contributed by atoms with Crippen LogP contribution in [0.1, 0.15) is 11.1 Å². The van der Waals surface area contributed by atoms with Crippen LogP contribution in [0.4, 0.5) is 0 Å². The zero-order valence-corrected chi connectivity index (χ0v) is 8.22. The van der Waals surface area contributed by atoms with Gasteiger partial charge in [0.1, 0.15) is 7.85 Å². The van der Waals surface area contributed by atoms with E-state index in [9.17, 15) is 8.42 Å². The summed E-state index contributed by atoms with van der Waals surface area (Å²) in [5, 5.41) is 0. The molecule has 0 heterocycles. The fraction of sp³-hybridized carbons (Fsp3) is 0.250. The Balaban J connectivity index is 3.50. The molecule has 2 radical (unpaired) electrons. The van der Waals surface area contributed by atoms with Crippen LogP contribution >= 0.6 is 0 Å². The quantitative estimate of drug-likeness (QED) is 0.520. The van der Waals surface area contributed by atoms with Crippen molar-refractivity contribution >= 4 is 23.4 Å². The third-order valence-electron chi connectivity index (χ3n) is 1.90. The Morgan fingerprint density at radius 3 is 2.15 bits per heavy atom. The molecule has 5 heteroatoms. The van der Waals surface area contributed by atoms with Gasteiger partial charge in [-0.3, -0.25) is 4.55 Å². The van der Waals surface area contributed by atoms with E-state index in [2.05, 4.69) is 0 Å². The summed E-state index contributed by atoms with van der Waals surface area (Å²) in [5.41, 5.74) is 1.75. The Labute approximate surface area is 78.9 Å². The summed E-state index contributed by atoms with van der Waals surface area (Å²) in [5.74, 6) is 0. The van der Waals surface area contributed by atoms with Crippen LogP contribution in [0.2, 0.25) is 0 Å². The molecule has 0 bridgehead atoms. The minimum absolute atomic E-state index is 0.0746. The van der Waals surface area contributed by atoms with Crippen molar-refractivity contribution in [1.29, 1.82) is 0 Å². The van der Waals surface area contributed by atoms with Gasteiger partial charge >= 0.3 is 0 Å². The predicted molar refractivity (Wildman–Crippen MR) is 51.1 cm³/mol. The fourth-order valence-electron chi connectivity index (χ4n) is 1.04. The summed E-state index contributed by atoms with van der Waals surface area (Å²) in [4.78, 5) is -0.226. The highest BCUT2D eigenvalue weighted by Crippen LogP contribution is 2.11. The van der Waals surface area contributed by atoms with Crippen molar-refractivity contribution in [1.82, 2.24) is 0 Å². The van der Waals surface area contributed by atoms with Crippen molar-refractivity contribution in [2.24, 2.45) is 0 Å². The third-order valence-corrected chi connectivity index (χ3v) is 2.81. The van der Waals surface area contributed by atoms with Gasteiger partial charge in [0.05, 0.1) is 4.90 Å². The van der Waals surface area contributed by atoms with Gasteiger partial charge < -0.3 is 0 Å². The van der Waals surface area contributed by atoms with Gasteiger partial charge in [0.2, 0.25) is 0 Å². The molecule has 0 aliphatic carbocycles. The van der Waals surface area contributed by atoms with E-state index in [1.165, 1.54) is 12.1 Å². The zero-order valence-electron chi connectivity index (χ0n) is 7.40. The van der Waals surface area contributed by atoms with Crippen molar-refractivity contribution in [3.8, 4) is 0 Å².